The molecule has 0 bridgehead atoms. The number of nitrogens with zero attached hydrogens (tertiary/aromatic N) is 5. The van der Waals surface area contributed by atoms with Crippen LogP contribution in [0.1, 0.15) is 30.4 Å². The fourth-order valence-corrected chi connectivity index (χ4v) is 6.07. The van der Waals surface area contributed by atoms with Gasteiger partial charge in [-0.15, -0.1) is 5.10 Å². The van der Waals surface area contributed by atoms with Gasteiger partial charge in [0.2, 0.25) is 11.8 Å². The lowest BCUT2D eigenvalue weighted by Crippen LogP contribution is -2.52. The summed E-state index contributed by atoms with van der Waals surface area (Å²) in [6, 6.07) is 22.9. The van der Waals surface area contributed by atoms with Crippen molar-refractivity contribution in [1.29, 1.82) is 0 Å². The van der Waals surface area contributed by atoms with E-state index in [-0.39, 0.29) is 24.3 Å². The van der Waals surface area contributed by atoms with Crippen LogP contribution in [0.2, 0.25) is 0 Å². The van der Waals surface area contributed by atoms with Gasteiger partial charge in [-0.25, -0.2) is 4.68 Å². The first-order chi connectivity index (χ1) is 21.1. The third-order valence-corrected chi connectivity index (χ3v) is 8.50. The summed E-state index contributed by atoms with van der Waals surface area (Å²) in [7, 11) is 0. The number of amides is 2. The zero-order valence-corrected chi connectivity index (χ0v) is 24.6. The van der Waals surface area contributed by atoms with E-state index in [0.29, 0.717) is 25.4 Å². The Kier molecular flexibility index (Phi) is 8.79. The molecule has 1 saturated heterocycles. The summed E-state index contributed by atoms with van der Waals surface area (Å²) in [4.78, 5) is 32.5. The minimum Gasteiger partial charge on any atom is -0.378 e. The molecule has 6 rings (SSSR count). The molecule has 9 nitrogen and oxygen atoms in total. The lowest BCUT2D eigenvalue weighted by molar-refractivity contribution is -0.142. The van der Waals surface area contributed by atoms with E-state index in [1.807, 2.05) is 79.7 Å². The number of benzene rings is 3. The van der Waals surface area contributed by atoms with E-state index in [1.54, 1.807) is 9.58 Å². The smallest absolute Gasteiger partial charge is 0.247 e. The topological polar surface area (TPSA) is 92.6 Å². The van der Waals surface area contributed by atoms with Crippen LogP contribution >= 0.6 is 0 Å². The summed E-state index contributed by atoms with van der Waals surface area (Å²) < 4.78 is 7.11. The second-order valence-electron chi connectivity index (χ2n) is 11.3. The molecule has 2 amide bonds. The van der Waals surface area contributed by atoms with Crippen molar-refractivity contribution in [3.63, 3.8) is 0 Å². The van der Waals surface area contributed by atoms with Crippen LogP contribution in [0.4, 0.5) is 11.4 Å². The van der Waals surface area contributed by atoms with Gasteiger partial charge in [0.05, 0.1) is 18.7 Å². The maximum absolute atomic E-state index is 14.3. The Bertz CT molecular complexity index is 1590. The fourth-order valence-electron chi connectivity index (χ4n) is 6.07. The molecule has 0 unspecified atom stereocenters. The molecule has 1 N–H and O–H groups in total. The standard InChI is InChI=1S/C34H38N6O3/c1-25-9-5-6-12-27(25)23-39(32(41)24-40-31-14-8-7-13-30(31)36-37-40)33(26-10-3-2-4-11-26)34(42)35-28-15-17-29(18-16-28)38-19-21-43-22-20-38/h2-3,5-9,12-18,26,33H,4,10-11,19-24H2,1H3,(H,35,42)/t26-,33+/m0/s1. The van der Waals surface area contributed by atoms with Crippen molar-refractivity contribution in [2.24, 2.45) is 5.92 Å². The first-order valence-corrected chi connectivity index (χ1v) is 15.1. The van der Waals surface area contributed by atoms with Crippen LogP contribution in [0.5, 0.6) is 0 Å². The van der Waals surface area contributed by atoms with Gasteiger partial charge >= 0.3 is 0 Å². The van der Waals surface area contributed by atoms with Crippen molar-refractivity contribution in [3.8, 4) is 0 Å². The van der Waals surface area contributed by atoms with Gasteiger partial charge in [-0.05, 0) is 79.6 Å². The average Bonchev–Trinajstić information content (AvgIpc) is 3.45. The Morgan fingerprint density at radius 2 is 1.77 bits per heavy atom. The monoisotopic (exact) mass is 578 g/mol. The van der Waals surface area contributed by atoms with Crippen LogP contribution in [-0.4, -0.2) is 64.1 Å². The van der Waals surface area contributed by atoms with Crippen LogP contribution in [0.15, 0.2) is 84.9 Å². The first-order valence-electron chi connectivity index (χ1n) is 15.1. The number of nitrogens with one attached hydrogen (secondary N) is 1. The van der Waals surface area contributed by atoms with E-state index in [1.165, 1.54) is 0 Å². The number of rotatable bonds is 9. The predicted molar refractivity (Wildman–Crippen MR) is 168 cm³/mol. The van der Waals surface area contributed by atoms with Crippen molar-refractivity contribution in [3.05, 3.63) is 96.1 Å². The number of fused-ring (bicyclic) bond motifs is 1. The number of para-hydroxylation sites is 1. The molecule has 1 aromatic heterocycles. The number of hydrogen-bond donors (Lipinski definition) is 1. The van der Waals surface area contributed by atoms with Gasteiger partial charge in [0, 0.05) is 31.0 Å². The molecule has 0 saturated carbocycles. The Hall–Kier alpha value is -4.50. The number of morpholine rings is 1. The number of carbonyl (C=O) groups is 2. The van der Waals surface area contributed by atoms with Crippen molar-refractivity contribution in [2.75, 3.05) is 36.5 Å². The highest BCUT2D eigenvalue weighted by Gasteiger charge is 2.37. The van der Waals surface area contributed by atoms with E-state index >= 15 is 0 Å². The number of aryl methyl sites for hydroxylation is 1. The predicted octanol–water partition coefficient (Wildman–Crippen LogP) is 4.97. The largest absolute Gasteiger partial charge is 0.378 e. The summed E-state index contributed by atoms with van der Waals surface area (Å²) in [5.41, 5.74) is 5.42. The quantitative estimate of drug-likeness (QED) is 0.282. The number of carbonyl (C=O) groups excluding carboxylic acids is 2. The Morgan fingerprint density at radius 1 is 1.00 bits per heavy atom. The minimum absolute atomic E-state index is 0.00696. The zero-order valence-electron chi connectivity index (χ0n) is 24.6. The molecule has 222 valence electrons. The summed E-state index contributed by atoms with van der Waals surface area (Å²) in [5.74, 6) is -0.362. The van der Waals surface area contributed by atoms with E-state index < -0.39 is 6.04 Å². The molecular formula is C34H38N6O3. The molecule has 0 spiro atoms. The van der Waals surface area contributed by atoms with Crippen LogP contribution in [0.3, 0.4) is 0 Å². The molecule has 0 radical (unpaired) electrons. The number of aromatic nitrogens is 3. The number of allylic oxidation sites excluding steroid dienone is 2. The summed E-state index contributed by atoms with van der Waals surface area (Å²) in [6.07, 6.45) is 6.73. The number of ether oxygens (including phenoxy) is 1. The average molecular weight is 579 g/mol. The van der Waals surface area contributed by atoms with Gasteiger partial charge in [0.1, 0.15) is 18.1 Å². The summed E-state index contributed by atoms with van der Waals surface area (Å²) in [6.45, 7) is 5.48. The maximum Gasteiger partial charge on any atom is 0.247 e. The number of anilines is 2. The second-order valence-corrected chi connectivity index (χ2v) is 11.3. The Labute approximate surface area is 252 Å². The molecular weight excluding hydrogens is 540 g/mol. The molecule has 2 aliphatic rings. The van der Waals surface area contributed by atoms with E-state index in [9.17, 15) is 9.59 Å². The van der Waals surface area contributed by atoms with Gasteiger partial charge in [0.25, 0.3) is 0 Å². The highest BCUT2D eigenvalue weighted by Crippen LogP contribution is 2.29. The van der Waals surface area contributed by atoms with E-state index in [0.717, 1.165) is 60.2 Å². The molecule has 4 aromatic rings. The molecule has 2 heterocycles. The fraction of sp³-hybridized carbons (Fsp3) is 0.353. The van der Waals surface area contributed by atoms with Crippen molar-refractivity contribution < 1.29 is 14.3 Å². The molecule has 3 aromatic carbocycles. The van der Waals surface area contributed by atoms with Gasteiger partial charge in [-0.1, -0.05) is 53.8 Å². The molecule has 1 aliphatic heterocycles. The third kappa shape index (κ3) is 6.62. The highest BCUT2D eigenvalue weighted by atomic mass is 16.5. The molecule has 9 heteroatoms. The lowest BCUT2D eigenvalue weighted by atomic mass is 9.85. The maximum atomic E-state index is 14.3. The Balaban J connectivity index is 1.30. The van der Waals surface area contributed by atoms with Crippen molar-refractivity contribution >= 4 is 34.2 Å². The van der Waals surface area contributed by atoms with Crippen LogP contribution in [0.25, 0.3) is 11.0 Å². The van der Waals surface area contributed by atoms with Crippen LogP contribution in [-0.2, 0) is 27.4 Å². The van der Waals surface area contributed by atoms with Gasteiger partial charge in [-0.3, -0.25) is 9.59 Å². The molecule has 2 atom stereocenters. The van der Waals surface area contributed by atoms with E-state index in [4.69, 9.17) is 4.74 Å². The van der Waals surface area contributed by atoms with Crippen molar-refractivity contribution in [2.45, 2.75) is 45.3 Å². The van der Waals surface area contributed by atoms with Gasteiger partial charge < -0.3 is 19.9 Å². The zero-order chi connectivity index (χ0) is 29.6. The minimum atomic E-state index is -0.661. The first kappa shape index (κ1) is 28.6. The highest BCUT2D eigenvalue weighted by molar-refractivity contribution is 5.97. The van der Waals surface area contributed by atoms with Crippen molar-refractivity contribution in [1.82, 2.24) is 19.9 Å². The number of hydrogen-bond acceptors (Lipinski definition) is 6. The van der Waals surface area contributed by atoms with Crippen LogP contribution < -0.4 is 10.2 Å². The van der Waals surface area contributed by atoms with Gasteiger partial charge in [0.15, 0.2) is 0 Å². The second kappa shape index (κ2) is 13.2. The SMILES string of the molecule is Cc1ccccc1CN(C(=O)Cn1nnc2ccccc21)[C@@H](C(=O)Nc1ccc(N2CCOCC2)cc1)[C@H]1CC=CCC1. The Morgan fingerprint density at radius 3 is 2.53 bits per heavy atom. The van der Waals surface area contributed by atoms with E-state index in [2.05, 4.69) is 32.7 Å². The van der Waals surface area contributed by atoms with Crippen LogP contribution in [0, 0.1) is 12.8 Å². The molecule has 1 fully saturated rings. The summed E-state index contributed by atoms with van der Waals surface area (Å²) >= 11 is 0. The normalized spacial score (nSPS) is 17.5. The molecule has 1 aliphatic carbocycles. The summed E-state index contributed by atoms with van der Waals surface area (Å²) in [5, 5.41) is 11.7. The third-order valence-electron chi connectivity index (χ3n) is 8.50. The van der Waals surface area contributed by atoms with Gasteiger partial charge in [-0.2, -0.15) is 0 Å². The lowest BCUT2D eigenvalue weighted by Gasteiger charge is -2.37. The molecule has 43 heavy (non-hydrogen) atoms.